The molecule has 0 N–H and O–H groups in total. The van der Waals surface area contributed by atoms with E-state index < -0.39 is 8.32 Å². The molecule has 0 saturated heterocycles. The maximum atomic E-state index is 10.9. The molecule has 0 fully saturated rings. The summed E-state index contributed by atoms with van der Waals surface area (Å²) in [5.74, 6) is 0. The minimum absolute atomic E-state index is 0.0496. The van der Waals surface area contributed by atoms with Crippen LogP contribution in [0.25, 0.3) is 0 Å². The molecule has 2 nitrogen and oxygen atoms in total. The Labute approximate surface area is 124 Å². The second-order valence-corrected chi connectivity index (χ2v) is 11.7. The van der Waals surface area contributed by atoms with Crippen molar-refractivity contribution in [3.05, 3.63) is 35.9 Å². The van der Waals surface area contributed by atoms with Crippen molar-refractivity contribution in [1.82, 2.24) is 0 Å². The minimum atomic E-state index is -1.80. The molecule has 20 heavy (non-hydrogen) atoms. The Bertz CT molecular complexity index is 407. The van der Waals surface area contributed by atoms with Crippen molar-refractivity contribution in [3.8, 4) is 0 Å². The monoisotopic (exact) mass is 292 g/mol. The summed E-state index contributed by atoms with van der Waals surface area (Å²) in [6.07, 6.45) is 3.42. The Morgan fingerprint density at radius 2 is 1.80 bits per heavy atom. The van der Waals surface area contributed by atoms with Crippen LogP contribution in [0.3, 0.4) is 0 Å². The van der Waals surface area contributed by atoms with Gasteiger partial charge >= 0.3 is 0 Å². The van der Waals surface area contributed by atoms with Crippen LogP contribution < -0.4 is 0 Å². The van der Waals surface area contributed by atoms with Crippen LogP contribution in [0, 0.1) is 0 Å². The first-order chi connectivity index (χ1) is 9.26. The summed E-state index contributed by atoms with van der Waals surface area (Å²) < 4.78 is 6.37. The lowest BCUT2D eigenvalue weighted by Crippen LogP contribution is -2.44. The van der Waals surface area contributed by atoms with Crippen LogP contribution in [-0.2, 0) is 15.6 Å². The average Bonchev–Trinajstić information content (AvgIpc) is 2.36. The zero-order valence-electron chi connectivity index (χ0n) is 13.5. The Morgan fingerprint density at radius 3 is 2.30 bits per heavy atom. The van der Waals surface area contributed by atoms with E-state index in [-0.39, 0.29) is 11.1 Å². The maximum absolute atomic E-state index is 10.9. The highest BCUT2D eigenvalue weighted by Gasteiger charge is 2.38. The summed E-state index contributed by atoms with van der Waals surface area (Å²) in [5, 5.41) is 0.181. The van der Waals surface area contributed by atoms with Gasteiger partial charge in [0.05, 0.1) is 6.10 Å². The first-order valence-electron chi connectivity index (χ1n) is 7.41. The topological polar surface area (TPSA) is 26.3 Å². The summed E-state index contributed by atoms with van der Waals surface area (Å²) in [5.41, 5.74) is 1.31. The summed E-state index contributed by atoms with van der Waals surface area (Å²) in [4.78, 5) is 10.9. The van der Waals surface area contributed by atoms with Crippen LogP contribution in [0.5, 0.6) is 0 Å². The molecule has 0 unspecified atom stereocenters. The first kappa shape index (κ1) is 17.1. The van der Waals surface area contributed by atoms with Gasteiger partial charge in [0.2, 0.25) is 0 Å². The van der Waals surface area contributed by atoms with E-state index in [2.05, 4.69) is 58.1 Å². The largest absolute Gasteiger partial charge is 0.413 e. The molecule has 1 aromatic carbocycles. The second kappa shape index (κ2) is 7.18. The molecule has 1 rings (SSSR count). The van der Waals surface area contributed by atoms with Crippen molar-refractivity contribution in [1.29, 1.82) is 0 Å². The highest BCUT2D eigenvalue weighted by molar-refractivity contribution is 6.74. The van der Waals surface area contributed by atoms with Crippen molar-refractivity contribution >= 4 is 14.6 Å². The van der Waals surface area contributed by atoms with Crippen molar-refractivity contribution in [2.75, 3.05) is 0 Å². The Hall–Kier alpha value is -0.933. The molecule has 0 aliphatic carbocycles. The highest BCUT2D eigenvalue weighted by Crippen LogP contribution is 2.38. The SMILES string of the molecule is CC(C)(C)[Si](C)(C)O[C@@H](CC=O)CCc1ccccc1. The molecule has 0 radical (unpaired) electrons. The van der Waals surface area contributed by atoms with E-state index in [1.165, 1.54) is 5.56 Å². The van der Waals surface area contributed by atoms with Crippen molar-refractivity contribution < 1.29 is 9.22 Å². The average molecular weight is 292 g/mol. The van der Waals surface area contributed by atoms with Crippen LogP contribution in [0.1, 0.15) is 39.2 Å². The van der Waals surface area contributed by atoms with E-state index in [4.69, 9.17) is 4.43 Å². The molecular weight excluding hydrogens is 264 g/mol. The number of hydrogen-bond acceptors (Lipinski definition) is 2. The van der Waals surface area contributed by atoms with Gasteiger partial charge in [0.15, 0.2) is 8.32 Å². The molecule has 0 heterocycles. The summed E-state index contributed by atoms with van der Waals surface area (Å²) >= 11 is 0. The summed E-state index contributed by atoms with van der Waals surface area (Å²) in [6, 6.07) is 10.4. The van der Waals surface area contributed by atoms with Crippen LogP contribution in [-0.4, -0.2) is 20.7 Å². The number of benzene rings is 1. The molecule has 0 aliphatic heterocycles. The van der Waals surface area contributed by atoms with Crippen LogP contribution >= 0.6 is 0 Å². The normalized spacial score (nSPS) is 14.1. The molecule has 112 valence electrons. The zero-order chi connectivity index (χ0) is 15.2. The van der Waals surface area contributed by atoms with Crippen LogP contribution in [0.2, 0.25) is 18.1 Å². The third-order valence-corrected chi connectivity index (χ3v) is 8.76. The van der Waals surface area contributed by atoms with Gasteiger partial charge in [-0.05, 0) is 36.5 Å². The van der Waals surface area contributed by atoms with Gasteiger partial charge in [-0.2, -0.15) is 0 Å². The predicted molar refractivity (Wildman–Crippen MR) is 87.5 cm³/mol. The molecule has 0 amide bonds. The summed E-state index contributed by atoms with van der Waals surface area (Å²) in [6.45, 7) is 11.2. The molecule has 1 atom stereocenters. The maximum Gasteiger partial charge on any atom is 0.192 e. The van der Waals surface area contributed by atoms with E-state index in [0.29, 0.717) is 6.42 Å². The number of carbonyl (C=O) groups excluding carboxylic acids is 1. The van der Waals surface area contributed by atoms with Gasteiger partial charge in [-0.1, -0.05) is 51.1 Å². The number of aldehydes is 1. The lowest BCUT2D eigenvalue weighted by atomic mass is 10.1. The number of carbonyl (C=O) groups is 1. The molecule has 0 bridgehead atoms. The van der Waals surface area contributed by atoms with Gasteiger partial charge in [-0.15, -0.1) is 0 Å². The van der Waals surface area contributed by atoms with E-state index in [1.54, 1.807) is 0 Å². The fourth-order valence-corrected chi connectivity index (χ4v) is 3.30. The van der Waals surface area contributed by atoms with Gasteiger partial charge in [-0.3, -0.25) is 0 Å². The van der Waals surface area contributed by atoms with Gasteiger partial charge in [0, 0.05) is 6.42 Å². The van der Waals surface area contributed by atoms with Crippen molar-refractivity contribution in [2.45, 2.75) is 64.3 Å². The standard InChI is InChI=1S/C17H28O2Si/c1-17(2,3)20(4,5)19-16(13-14-18)12-11-15-9-7-6-8-10-15/h6-10,14,16H,11-13H2,1-5H3/t16-/m1/s1. The van der Waals surface area contributed by atoms with E-state index in [0.717, 1.165) is 19.1 Å². The third-order valence-electron chi connectivity index (χ3n) is 4.22. The Balaban J connectivity index is 2.63. The lowest BCUT2D eigenvalue weighted by molar-refractivity contribution is -0.109. The van der Waals surface area contributed by atoms with Crippen molar-refractivity contribution in [2.24, 2.45) is 0 Å². The van der Waals surface area contributed by atoms with Gasteiger partial charge in [0.25, 0.3) is 0 Å². The lowest BCUT2D eigenvalue weighted by Gasteiger charge is -2.39. The smallest absolute Gasteiger partial charge is 0.192 e. The fourth-order valence-electron chi connectivity index (χ4n) is 1.90. The highest BCUT2D eigenvalue weighted by atomic mass is 28.4. The van der Waals surface area contributed by atoms with E-state index in [9.17, 15) is 4.79 Å². The fraction of sp³-hybridized carbons (Fsp3) is 0.588. The molecule has 0 saturated carbocycles. The second-order valence-electron chi connectivity index (χ2n) is 6.93. The third kappa shape index (κ3) is 5.21. The molecule has 1 aromatic rings. The molecule has 0 spiro atoms. The quantitative estimate of drug-likeness (QED) is 0.542. The van der Waals surface area contributed by atoms with Gasteiger partial charge < -0.3 is 9.22 Å². The van der Waals surface area contributed by atoms with E-state index >= 15 is 0 Å². The molecular formula is C17H28O2Si. The van der Waals surface area contributed by atoms with Crippen molar-refractivity contribution in [3.63, 3.8) is 0 Å². The van der Waals surface area contributed by atoms with Gasteiger partial charge in [-0.25, -0.2) is 0 Å². The molecule has 3 heteroatoms. The Morgan fingerprint density at radius 1 is 1.20 bits per heavy atom. The predicted octanol–water partition coefficient (Wildman–Crippen LogP) is 4.60. The minimum Gasteiger partial charge on any atom is -0.413 e. The Kier molecular flexibility index (Phi) is 6.15. The number of hydrogen-bond donors (Lipinski definition) is 0. The van der Waals surface area contributed by atoms with Crippen LogP contribution in [0.15, 0.2) is 30.3 Å². The number of aryl methyl sites for hydroxylation is 1. The number of rotatable bonds is 7. The van der Waals surface area contributed by atoms with Gasteiger partial charge in [0.1, 0.15) is 6.29 Å². The summed E-state index contributed by atoms with van der Waals surface area (Å²) in [7, 11) is -1.80. The zero-order valence-corrected chi connectivity index (χ0v) is 14.5. The van der Waals surface area contributed by atoms with Crippen LogP contribution in [0.4, 0.5) is 0 Å². The molecule has 0 aliphatic rings. The van der Waals surface area contributed by atoms with E-state index in [1.807, 2.05) is 6.07 Å². The first-order valence-corrected chi connectivity index (χ1v) is 10.3. The molecule has 0 aromatic heterocycles.